The van der Waals surface area contributed by atoms with Gasteiger partial charge in [0.05, 0.1) is 42.9 Å². The number of aromatic amines is 2. The van der Waals surface area contributed by atoms with Crippen molar-refractivity contribution < 1.29 is 17.7 Å². The second kappa shape index (κ2) is 20.1. The lowest BCUT2D eigenvalue weighted by Gasteiger charge is -2.46. The predicted octanol–water partition coefficient (Wildman–Crippen LogP) is 14.3. The Morgan fingerprint density at radius 2 is 1.07 bits per heavy atom. The fraction of sp³-hybridized carbons (Fsp3) is 0.238. The summed E-state index contributed by atoms with van der Waals surface area (Å²) in [6, 6.07) is 59.9. The van der Waals surface area contributed by atoms with Gasteiger partial charge in [0.25, 0.3) is 0 Å². The molecule has 7 nitrogen and oxygen atoms in total. The zero-order chi connectivity index (χ0) is 49.2. The van der Waals surface area contributed by atoms with Crippen LogP contribution in [0.2, 0.25) is 0 Å². The Kier molecular flexibility index (Phi) is 12.3. The molecule has 3 aromatic heterocycles. The summed E-state index contributed by atoms with van der Waals surface area (Å²) in [5.41, 5.74) is 13.6. The fourth-order valence-electron chi connectivity index (χ4n) is 11.4. The SMILES string of the molecule is [2H]C(O)[C@]1(O)[C@H](CCOCc2ccccc2)CCC[C@@H]1C[C@H](C)[C@H]1c2nc(c(-c3ccccc3)c3ccc([nH]3)c(-c3ccccc3)c3nc(c(-c4ccccc4)c4ccc([nH]4)c2-c2ccccc2)C=C3)[C@@H]1[2H]. The van der Waals surface area contributed by atoms with Gasteiger partial charge >= 0.3 is 0 Å². The molecule has 2 aliphatic heterocycles. The number of nitrogens with one attached hydrogen (secondary N) is 2. The van der Waals surface area contributed by atoms with Gasteiger partial charge in [-0.25, -0.2) is 4.98 Å². The van der Waals surface area contributed by atoms with E-state index >= 15 is 0 Å². The molecule has 5 aromatic carbocycles. The zero-order valence-electron chi connectivity index (χ0n) is 41.5. The van der Waals surface area contributed by atoms with E-state index < -0.39 is 30.4 Å². The van der Waals surface area contributed by atoms with Crippen molar-refractivity contribution in [2.24, 2.45) is 17.8 Å². The summed E-state index contributed by atoms with van der Waals surface area (Å²) in [5.74, 6) is -1.39. The third-order valence-electron chi connectivity index (χ3n) is 14.9. The van der Waals surface area contributed by atoms with Crippen molar-refractivity contribution in [1.29, 1.82) is 0 Å². The number of hydrogen-bond donors (Lipinski definition) is 4. The van der Waals surface area contributed by atoms with Gasteiger partial charge in [-0.05, 0) is 114 Å². The molecule has 7 heteroatoms. The number of H-pyrrole nitrogens is 2. The number of aliphatic hydroxyl groups is 2. The van der Waals surface area contributed by atoms with E-state index in [1.807, 2.05) is 78.9 Å². The number of ether oxygens (including phenoxy) is 1. The van der Waals surface area contributed by atoms with Crippen LogP contribution in [0.15, 0.2) is 176 Å². The molecular weight excluding hydrogens is 861 g/mol. The van der Waals surface area contributed by atoms with Gasteiger partial charge < -0.3 is 24.9 Å². The molecule has 4 N–H and O–H groups in total. The van der Waals surface area contributed by atoms with Gasteiger partial charge in [0.2, 0.25) is 0 Å². The van der Waals surface area contributed by atoms with E-state index in [4.69, 9.17) is 16.1 Å². The Morgan fingerprint density at radius 1 is 0.614 bits per heavy atom. The number of fused-ring (bicyclic) bond motifs is 8. The number of nitrogens with zero attached hydrogens (tertiary/aromatic N) is 2. The summed E-state index contributed by atoms with van der Waals surface area (Å²) in [7, 11) is 0. The van der Waals surface area contributed by atoms with E-state index in [0.717, 1.165) is 95.6 Å². The Morgan fingerprint density at radius 3 is 1.60 bits per heavy atom. The molecule has 1 fully saturated rings. The first kappa shape index (κ1) is 42.9. The quantitative estimate of drug-likeness (QED) is 0.0862. The minimum absolute atomic E-state index is 0.213. The molecular formula is C63H60N4O3. The van der Waals surface area contributed by atoms with Crippen LogP contribution in [0, 0.1) is 17.8 Å². The van der Waals surface area contributed by atoms with Crippen LogP contribution in [0.3, 0.4) is 0 Å². The van der Waals surface area contributed by atoms with Gasteiger partial charge in [-0.3, -0.25) is 4.98 Å². The van der Waals surface area contributed by atoms with Crippen LogP contribution in [0.25, 0.3) is 78.7 Å². The molecule has 8 bridgehead atoms. The first-order chi connectivity index (χ1) is 35.3. The minimum atomic E-state index is -1.70. The van der Waals surface area contributed by atoms with E-state index in [2.05, 4.69) is 126 Å². The minimum Gasteiger partial charge on any atom is -0.393 e. The Hall–Kier alpha value is -7.16. The van der Waals surface area contributed by atoms with Gasteiger partial charge in [0.15, 0.2) is 0 Å². The average Bonchev–Trinajstić information content (AvgIpc) is 4.25. The van der Waals surface area contributed by atoms with Crippen molar-refractivity contribution >= 4 is 34.2 Å². The van der Waals surface area contributed by atoms with Crippen LogP contribution in [-0.2, 0) is 17.7 Å². The predicted molar refractivity (Wildman–Crippen MR) is 285 cm³/mol. The normalized spacial score (nSPS) is 21.2. The van der Waals surface area contributed by atoms with Crippen LogP contribution in [0.4, 0.5) is 0 Å². The molecule has 3 aliphatic rings. The van der Waals surface area contributed by atoms with Gasteiger partial charge in [-0.15, -0.1) is 0 Å². The number of rotatable bonds is 13. The van der Waals surface area contributed by atoms with E-state index in [9.17, 15) is 11.6 Å². The summed E-state index contributed by atoms with van der Waals surface area (Å²) < 4.78 is 25.6. The number of aliphatic hydroxyl groups excluding tert-OH is 1. The Balaban J connectivity index is 1.13. The highest BCUT2D eigenvalue weighted by Crippen LogP contribution is 2.49. The highest BCUT2D eigenvalue weighted by molar-refractivity contribution is 5.97. The summed E-state index contributed by atoms with van der Waals surface area (Å²) in [5, 5.41) is 24.1. The first-order valence-electron chi connectivity index (χ1n) is 26.0. The monoisotopic (exact) mass is 922 g/mol. The Labute approximate surface area is 413 Å². The number of benzene rings is 5. The molecule has 1 aliphatic carbocycles. The molecule has 0 spiro atoms. The van der Waals surface area contributed by atoms with Crippen LogP contribution in [-0.4, -0.2) is 48.9 Å². The molecule has 0 amide bonds. The van der Waals surface area contributed by atoms with Gasteiger partial charge in [0, 0.05) is 58.2 Å². The van der Waals surface area contributed by atoms with Gasteiger partial charge in [-0.1, -0.05) is 165 Å². The summed E-state index contributed by atoms with van der Waals surface area (Å²) in [4.78, 5) is 18.9. The standard InChI is InChI=1S/C63H60N4O3/c1-42(38-49-29-17-28-48(63(49,69)41-68)36-37-70-40-43-18-7-2-8-19-43)50-39-57-60(46-24-13-5-14-25-46)55-33-32-53(65-55)58(44-20-9-3-10-21-44)51-30-31-52(64-51)59(45-22-11-4-12-23-45)54-34-35-56(66-54)61(62(50)67-57)47-26-15-6-16-27-47/h2-16,18-27,30-35,42,48-50,65-66,68-69H,17,28-29,36-41H2,1H3/t42-,48-,49+,50-,63-/m0/s1/i39D,41D/t39-,41?,42+,48+,49-,50+,63+/m1. The molecule has 70 heavy (non-hydrogen) atoms. The molecule has 1 saturated carbocycles. The lowest BCUT2D eigenvalue weighted by atomic mass is 9.64. The molecule has 8 aromatic rings. The van der Waals surface area contributed by atoms with Gasteiger partial charge in [0.1, 0.15) is 0 Å². The Bertz CT molecular complexity index is 3360. The van der Waals surface area contributed by atoms with Crippen molar-refractivity contribution in [3.05, 3.63) is 204 Å². The molecule has 0 radical (unpaired) electrons. The molecule has 0 saturated heterocycles. The summed E-state index contributed by atoms with van der Waals surface area (Å²) >= 11 is 0. The van der Waals surface area contributed by atoms with E-state index in [-0.39, 0.29) is 11.8 Å². The molecule has 1 unspecified atom stereocenters. The number of aromatic nitrogens is 4. The van der Waals surface area contributed by atoms with Gasteiger partial charge in [-0.2, -0.15) is 0 Å². The van der Waals surface area contributed by atoms with E-state index in [0.29, 0.717) is 44.6 Å². The summed E-state index contributed by atoms with van der Waals surface area (Å²) in [6.07, 6.45) is 6.62. The maximum atomic E-state index is 12.7. The third-order valence-corrected chi connectivity index (χ3v) is 14.9. The summed E-state index contributed by atoms with van der Waals surface area (Å²) in [6.45, 7) is 1.34. The lowest BCUT2D eigenvalue weighted by molar-refractivity contribution is -0.137. The third kappa shape index (κ3) is 8.97. The highest BCUT2D eigenvalue weighted by atomic mass is 16.5. The van der Waals surface area contributed by atoms with Crippen molar-refractivity contribution in [3.8, 4) is 44.5 Å². The van der Waals surface area contributed by atoms with Crippen LogP contribution >= 0.6 is 0 Å². The second-order valence-corrected chi connectivity index (χ2v) is 19.2. The lowest BCUT2D eigenvalue weighted by Crippen LogP contribution is -2.52. The molecule has 5 heterocycles. The van der Waals surface area contributed by atoms with Crippen molar-refractivity contribution in [1.82, 2.24) is 19.9 Å². The molecule has 350 valence electrons. The molecule has 7 atom stereocenters. The first-order valence-corrected chi connectivity index (χ1v) is 24.8. The van der Waals surface area contributed by atoms with E-state index in [1.54, 1.807) is 0 Å². The zero-order valence-corrected chi connectivity index (χ0v) is 39.5. The van der Waals surface area contributed by atoms with Crippen molar-refractivity contribution in [3.63, 3.8) is 0 Å². The van der Waals surface area contributed by atoms with Crippen molar-refractivity contribution in [2.75, 3.05) is 13.2 Å². The largest absolute Gasteiger partial charge is 0.393 e. The highest BCUT2D eigenvalue weighted by Gasteiger charge is 2.47. The van der Waals surface area contributed by atoms with Crippen LogP contribution < -0.4 is 0 Å². The van der Waals surface area contributed by atoms with E-state index in [1.165, 1.54) is 0 Å². The maximum absolute atomic E-state index is 12.7. The van der Waals surface area contributed by atoms with Crippen LogP contribution in [0.5, 0.6) is 0 Å². The fourth-order valence-corrected chi connectivity index (χ4v) is 11.4. The second-order valence-electron chi connectivity index (χ2n) is 19.2. The number of hydrogen-bond acceptors (Lipinski definition) is 5. The van der Waals surface area contributed by atoms with Crippen molar-refractivity contribution in [2.45, 2.75) is 63.6 Å². The topological polar surface area (TPSA) is 107 Å². The van der Waals surface area contributed by atoms with Crippen LogP contribution in [0.1, 0.15) is 76.0 Å². The smallest absolute Gasteiger partial charge is 0.0934 e. The maximum Gasteiger partial charge on any atom is 0.0934 e. The average molecular weight is 923 g/mol. The molecule has 11 rings (SSSR count).